The average Bonchev–Trinajstić information content (AvgIpc) is 2.80. The summed E-state index contributed by atoms with van der Waals surface area (Å²) >= 11 is 0. The van der Waals surface area contributed by atoms with Gasteiger partial charge in [-0.1, -0.05) is 24.3 Å². The van der Waals surface area contributed by atoms with Crippen LogP contribution in [-0.2, 0) is 0 Å². The van der Waals surface area contributed by atoms with Gasteiger partial charge < -0.3 is 9.73 Å². The topological polar surface area (TPSA) is 74.5 Å². The molecule has 0 atom stereocenters. The van der Waals surface area contributed by atoms with Crippen LogP contribution < -0.4 is 10.8 Å². The van der Waals surface area contributed by atoms with Crippen molar-refractivity contribution in [2.45, 2.75) is 6.42 Å². The predicted molar refractivity (Wildman–Crippen MR) is 71.7 cm³/mol. The summed E-state index contributed by atoms with van der Waals surface area (Å²) in [5.74, 6) is 0.0341. The number of furan rings is 1. The van der Waals surface area contributed by atoms with Crippen LogP contribution in [0, 0.1) is 0 Å². The summed E-state index contributed by atoms with van der Waals surface area (Å²) in [4.78, 5) is 11.2. The Morgan fingerprint density at radius 1 is 1.37 bits per heavy atom. The number of hydroxylamine groups is 1. The smallest absolute Gasteiger partial charge is 0.310 e. The second-order valence-corrected chi connectivity index (χ2v) is 4.14. The van der Waals surface area contributed by atoms with Crippen LogP contribution in [0.4, 0.5) is 0 Å². The van der Waals surface area contributed by atoms with Crippen molar-refractivity contribution >= 4 is 11.5 Å². The van der Waals surface area contributed by atoms with Gasteiger partial charge in [0.1, 0.15) is 5.76 Å². The molecule has 100 valence electrons. The number of allylic oxidation sites excluding steroid dienone is 4. The zero-order valence-corrected chi connectivity index (χ0v) is 10.6. The van der Waals surface area contributed by atoms with E-state index in [1.807, 2.05) is 25.3 Å². The maximum absolute atomic E-state index is 11.2. The van der Waals surface area contributed by atoms with Gasteiger partial charge in [0.25, 0.3) is 0 Å². The van der Waals surface area contributed by atoms with Gasteiger partial charge in [0.2, 0.25) is 0 Å². The molecule has 0 bridgehead atoms. The van der Waals surface area contributed by atoms with E-state index in [1.54, 1.807) is 11.5 Å². The van der Waals surface area contributed by atoms with Crippen LogP contribution in [-0.4, -0.2) is 24.7 Å². The third-order valence-corrected chi connectivity index (χ3v) is 2.79. The van der Waals surface area contributed by atoms with Gasteiger partial charge in [-0.25, -0.2) is 5.48 Å². The SMILES string of the molecule is CNCC1=CCC=C(c2ccc(C(=O)NO)o2)C=C1. The Morgan fingerprint density at radius 2 is 2.21 bits per heavy atom. The highest BCUT2D eigenvalue weighted by molar-refractivity contribution is 5.91. The molecular formula is C14H16N2O3. The van der Waals surface area contributed by atoms with Gasteiger partial charge in [0.15, 0.2) is 5.76 Å². The quantitative estimate of drug-likeness (QED) is 0.571. The molecule has 0 aromatic carbocycles. The minimum absolute atomic E-state index is 0.0828. The van der Waals surface area contributed by atoms with Gasteiger partial charge in [0.05, 0.1) is 0 Å². The van der Waals surface area contributed by atoms with E-state index < -0.39 is 5.91 Å². The van der Waals surface area contributed by atoms with Crippen LogP contribution in [0.15, 0.2) is 46.4 Å². The van der Waals surface area contributed by atoms with Crippen LogP contribution >= 0.6 is 0 Å². The van der Waals surface area contributed by atoms with Crippen LogP contribution in [0.3, 0.4) is 0 Å². The first-order valence-electron chi connectivity index (χ1n) is 6.01. The van der Waals surface area contributed by atoms with Crippen molar-refractivity contribution in [2.75, 3.05) is 13.6 Å². The van der Waals surface area contributed by atoms with Crippen LogP contribution in [0.2, 0.25) is 0 Å². The molecule has 2 rings (SSSR count). The summed E-state index contributed by atoms with van der Waals surface area (Å²) in [5.41, 5.74) is 3.66. The average molecular weight is 260 g/mol. The van der Waals surface area contributed by atoms with E-state index >= 15 is 0 Å². The second kappa shape index (κ2) is 6.17. The zero-order chi connectivity index (χ0) is 13.7. The van der Waals surface area contributed by atoms with E-state index in [9.17, 15) is 4.79 Å². The largest absolute Gasteiger partial charge is 0.451 e. The highest BCUT2D eigenvalue weighted by Gasteiger charge is 2.12. The number of nitrogens with one attached hydrogen (secondary N) is 2. The number of amides is 1. The molecule has 0 radical (unpaired) electrons. The predicted octanol–water partition coefficient (Wildman–Crippen LogP) is 1.89. The second-order valence-electron chi connectivity index (χ2n) is 4.14. The lowest BCUT2D eigenvalue weighted by Crippen LogP contribution is -2.17. The van der Waals surface area contributed by atoms with Gasteiger partial charge in [-0.05, 0) is 31.2 Å². The Hall–Kier alpha value is -2.11. The van der Waals surface area contributed by atoms with Crippen LogP contribution in [0.25, 0.3) is 5.57 Å². The monoisotopic (exact) mass is 260 g/mol. The lowest BCUT2D eigenvalue weighted by atomic mass is 10.1. The molecule has 5 heteroatoms. The van der Waals surface area contributed by atoms with Gasteiger partial charge in [-0.15, -0.1) is 0 Å². The van der Waals surface area contributed by atoms with E-state index in [2.05, 4.69) is 11.4 Å². The third-order valence-electron chi connectivity index (χ3n) is 2.79. The maximum Gasteiger partial charge on any atom is 0.310 e. The summed E-state index contributed by atoms with van der Waals surface area (Å²) in [7, 11) is 1.90. The Labute approximate surface area is 111 Å². The summed E-state index contributed by atoms with van der Waals surface area (Å²) in [6.45, 7) is 0.813. The molecule has 0 saturated heterocycles. The van der Waals surface area contributed by atoms with Crippen molar-refractivity contribution in [1.29, 1.82) is 0 Å². The molecule has 0 unspecified atom stereocenters. The first-order valence-corrected chi connectivity index (χ1v) is 6.01. The Morgan fingerprint density at radius 3 is 2.95 bits per heavy atom. The van der Waals surface area contributed by atoms with E-state index in [-0.39, 0.29) is 5.76 Å². The zero-order valence-electron chi connectivity index (χ0n) is 10.6. The van der Waals surface area contributed by atoms with Crippen molar-refractivity contribution in [3.63, 3.8) is 0 Å². The van der Waals surface area contributed by atoms with Crippen molar-refractivity contribution in [3.05, 3.63) is 53.5 Å². The minimum Gasteiger partial charge on any atom is -0.451 e. The van der Waals surface area contributed by atoms with Crippen molar-refractivity contribution in [1.82, 2.24) is 10.8 Å². The summed E-state index contributed by atoms with van der Waals surface area (Å²) in [5, 5.41) is 11.6. The number of carbonyl (C=O) groups is 1. The van der Waals surface area contributed by atoms with E-state index in [4.69, 9.17) is 9.62 Å². The normalized spacial score (nSPS) is 14.6. The van der Waals surface area contributed by atoms with Gasteiger partial charge in [0, 0.05) is 12.1 Å². The summed E-state index contributed by atoms with van der Waals surface area (Å²) in [6, 6.07) is 3.24. The van der Waals surface area contributed by atoms with Gasteiger partial charge in [-0.2, -0.15) is 0 Å². The summed E-state index contributed by atoms with van der Waals surface area (Å²) in [6.07, 6.45) is 8.93. The fourth-order valence-corrected chi connectivity index (χ4v) is 1.86. The number of likely N-dealkylation sites (N-methyl/N-ethyl adjacent to an activating group) is 1. The van der Waals surface area contributed by atoms with Gasteiger partial charge in [-0.3, -0.25) is 10.0 Å². The maximum atomic E-state index is 11.2. The van der Waals surface area contributed by atoms with Crippen molar-refractivity contribution in [3.8, 4) is 0 Å². The van der Waals surface area contributed by atoms with E-state index in [0.717, 1.165) is 18.5 Å². The minimum atomic E-state index is -0.654. The molecule has 1 aliphatic rings. The molecule has 5 nitrogen and oxygen atoms in total. The molecule has 1 aliphatic carbocycles. The lowest BCUT2D eigenvalue weighted by Gasteiger charge is -1.98. The van der Waals surface area contributed by atoms with E-state index in [0.29, 0.717) is 5.76 Å². The Bertz CT molecular complexity index is 553. The number of rotatable bonds is 4. The van der Waals surface area contributed by atoms with Crippen LogP contribution in [0.5, 0.6) is 0 Å². The van der Waals surface area contributed by atoms with Crippen molar-refractivity contribution < 1.29 is 14.4 Å². The number of hydrogen-bond acceptors (Lipinski definition) is 4. The fraction of sp³-hybridized carbons (Fsp3) is 0.214. The highest BCUT2D eigenvalue weighted by Crippen LogP contribution is 2.22. The first kappa shape index (κ1) is 13.3. The molecule has 0 saturated carbocycles. The number of carbonyl (C=O) groups excluding carboxylic acids is 1. The molecule has 19 heavy (non-hydrogen) atoms. The molecule has 1 aromatic rings. The van der Waals surface area contributed by atoms with Crippen LogP contribution in [0.1, 0.15) is 22.7 Å². The number of hydrogen-bond donors (Lipinski definition) is 3. The molecule has 1 heterocycles. The Balaban J connectivity index is 2.15. The first-order chi connectivity index (χ1) is 9.24. The van der Waals surface area contributed by atoms with Gasteiger partial charge >= 0.3 is 5.91 Å². The lowest BCUT2D eigenvalue weighted by molar-refractivity contribution is 0.0675. The highest BCUT2D eigenvalue weighted by atomic mass is 16.5. The fourth-order valence-electron chi connectivity index (χ4n) is 1.86. The van der Waals surface area contributed by atoms with Crippen molar-refractivity contribution in [2.24, 2.45) is 0 Å². The Kier molecular flexibility index (Phi) is 4.33. The third kappa shape index (κ3) is 3.21. The molecule has 0 fully saturated rings. The standard InChI is InChI=1S/C14H16N2O3/c1-15-9-10-3-2-4-11(6-5-10)12-7-8-13(19-12)14(17)16-18/h3-8,15,18H,2,9H2,1H3,(H,16,17). The molecule has 1 amide bonds. The molecule has 3 N–H and O–H groups in total. The molecule has 1 aromatic heterocycles. The van der Waals surface area contributed by atoms with E-state index in [1.165, 1.54) is 11.6 Å². The molecular weight excluding hydrogens is 244 g/mol. The summed E-state index contributed by atoms with van der Waals surface area (Å²) < 4.78 is 5.40. The molecule has 0 spiro atoms. The molecule has 0 aliphatic heterocycles.